The van der Waals surface area contributed by atoms with Crippen LogP contribution in [0, 0.1) is 13.8 Å². The zero-order valence-corrected chi connectivity index (χ0v) is 23.3. The molecular weight excluding hydrogens is 497 g/mol. The molecule has 0 radical (unpaired) electrons. The fraction of sp³-hybridized carbons (Fsp3) is 0.680. The third kappa shape index (κ3) is 14.3. The summed E-state index contributed by atoms with van der Waals surface area (Å²) in [5, 5.41) is 9.06. The van der Waals surface area contributed by atoms with Gasteiger partial charge >= 0.3 is 0 Å². The van der Waals surface area contributed by atoms with Crippen molar-refractivity contribution >= 4 is 63.7 Å². The molecule has 0 heterocycles. The lowest BCUT2D eigenvalue weighted by atomic mass is 10.1. The van der Waals surface area contributed by atoms with Crippen LogP contribution in [0.3, 0.4) is 0 Å². The summed E-state index contributed by atoms with van der Waals surface area (Å²) in [5.74, 6) is -0.163. The Kier molecular flexibility index (Phi) is 15.4. The molecule has 1 aromatic rings. The number of unbranched alkanes of at least 4 members (excludes halogenated alkanes) is 10. The fourth-order valence-corrected chi connectivity index (χ4v) is 4.10. The summed E-state index contributed by atoms with van der Waals surface area (Å²) >= 11 is 23.6. The van der Waals surface area contributed by atoms with Gasteiger partial charge in [0.1, 0.15) is 6.17 Å². The summed E-state index contributed by atoms with van der Waals surface area (Å²) in [7, 11) is 0. The summed E-state index contributed by atoms with van der Waals surface area (Å²) in [4.78, 5) is 12.4. The van der Waals surface area contributed by atoms with Crippen LogP contribution in [0.15, 0.2) is 18.2 Å². The summed E-state index contributed by atoms with van der Waals surface area (Å²) in [6.45, 7) is 6.22. The molecule has 1 amide bonds. The van der Waals surface area contributed by atoms with E-state index in [1.165, 1.54) is 51.4 Å². The van der Waals surface area contributed by atoms with Crippen LogP contribution in [-0.4, -0.2) is 21.0 Å². The van der Waals surface area contributed by atoms with Crippen molar-refractivity contribution in [2.24, 2.45) is 0 Å². The Hall–Kier alpha value is -0.750. The smallest absolute Gasteiger partial charge is 0.228 e. The van der Waals surface area contributed by atoms with Crippen LogP contribution >= 0.6 is 47.0 Å². The number of anilines is 1. The number of carbonyl (C=O) groups is 1. The maximum atomic E-state index is 12.4. The van der Waals surface area contributed by atoms with Gasteiger partial charge in [-0.15, -0.1) is 0 Å². The van der Waals surface area contributed by atoms with Gasteiger partial charge in [0.25, 0.3) is 0 Å². The third-order valence-electron chi connectivity index (χ3n) is 5.56. The molecule has 0 spiro atoms. The molecule has 0 saturated heterocycles. The van der Waals surface area contributed by atoms with Crippen molar-refractivity contribution in [3.8, 4) is 0 Å². The summed E-state index contributed by atoms with van der Waals surface area (Å²) < 4.78 is -1.75. The molecule has 0 aromatic heterocycles. The third-order valence-corrected chi connectivity index (χ3v) is 6.43. The van der Waals surface area contributed by atoms with Gasteiger partial charge in [0.15, 0.2) is 5.11 Å². The number of amides is 1. The fourth-order valence-electron chi connectivity index (χ4n) is 3.54. The topological polar surface area (TPSA) is 53.2 Å². The quantitative estimate of drug-likeness (QED) is 0.0917. The Morgan fingerprint density at radius 1 is 0.909 bits per heavy atom. The van der Waals surface area contributed by atoms with E-state index in [-0.39, 0.29) is 11.0 Å². The monoisotopic (exact) mass is 535 g/mol. The average molecular weight is 537 g/mol. The number of thiocarbonyl (C=S) groups is 1. The highest BCUT2D eigenvalue weighted by Crippen LogP contribution is 2.29. The number of aryl methyl sites for hydroxylation is 2. The molecule has 1 rings (SSSR count). The molecule has 188 valence electrons. The van der Waals surface area contributed by atoms with Crippen molar-refractivity contribution in [1.29, 1.82) is 0 Å². The maximum Gasteiger partial charge on any atom is 0.228 e. The molecule has 1 aromatic carbocycles. The second-order valence-corrected chi connectivity index (χ2v) is 11.5. The minimum atomic E-state index is -1.75. The number of hydrogen-bond donors (Lipinski definition) is 3. The van der Waals surface area contributed by atoms with Crippen LogP contribution in [0.25, 0.3) is 0 Å². The van der Waals surface area contributed by atoms with Crippen molar-refractivity contribution in [1.82, 2.24) is 10.6 Å². The van der Waals surface area contributed by atoms with E-state index in [1.807, 2.05) is 32.0 Å². The van der Waals surface area contributed by atoms with E-state index in [1.54, 1.807) is 0 Å². The highest BCUT2D eigenvalue weighted by Gasteiger charge is 2.34. The summed E-state index contributed by atoms with van der Waals surface area (Å²) in [6, 6.07) is 6.01. The van der Waals surface area contributed by atoms with E-state index in [0.29, 0.717) is 6.42 Å². The van der Waals surface area contributed by atoms with Crippen LogP contribution in [0.5, 0.6) is 0 Å². The van der Waals surface area contributed by atoms with E-state index in [4.69, 9.17) is 47.0 Å². The highest BCUT2D eigenvalue weighted by atomic mass is 35.6. The minimum absolute atomic E-state index is 0.163. The molecular formula is C25H40Cl3N3OS. The number of carbonyl (C=O) groups excluding carboxylic acids is 1. The van der Waals surface area contributed by atoms with Gasteiger partial charge in [0, 0.05) is 12.1 Å². The molecule has 0 unspecified atom stereocenters. The molecule has 0 aliphatic carbocycles. The first kappa shape index (κ1) is 30.3. The van der Waals surface area contributed by atoms with Gasteiger partial charge in [-0.1, -0.05) is 118 Å². The first-order valence-electron chi connectivity index (χ1n) is 12.1. The van der Waals surface area contributed by atoms with Gasteiger partial charge in [0.2, 0.25) is 9.70 Å². The van der Waals surface area contributed by atoms with E-state index in [2.05, 4.69) is 22.9 Å². The van der Waals surface area contributed by atoms with Gasteiger partial charge in [-0.25, -0.2) is 0 Å². The normalized spacial score (nSPS) is 12.3. The molecule has 0 bridgehead atoms. The van der Waals surface area contributed by atoms with E-state index in [9.17, 15) is 4.79 Å². The SMILES string of the molecule is CCCCCCCCCCCCCC(=O)N[C@@H](NC(=S)Nc1cc(C)ccc1C)C(Cl)(Cl)Cl. The number of hydrogen-bond acceptors (Lipinski definition) is 2. The van der Waals surface area contributed by atoms with Crippen LogP contribution < -0.4 is 16.0 Å². The molecule has 0 fully saturated rings. The Labute approximate surface area is 220 Å². The molecule has 33 heavy (non-hydrogen) atoms. The standard InChI is InChI=1S/C25H40Cl3N3OS/c1-4-5-6-7-8-9-10-11-12-13-14-15-22(32)30-23(25(26,27)28)31-24(33)29-21-18-19(2)16-17-20(21)3/h16-18,23H,4-15H2,1-3H3,(H,30,32)(H2,29,31,33)/t23-/m0/s1. The predicted octanol–water partition coefficient (Wildman–Crippen LogP) is 8.10. The zero-order valence-electron chi connectivity index (χ0n) is 20.2. The molecule has 0 saturated carbocycles. The number of halogens is 3. The summed E-state index contributed by atoms with van der Waals surface area (Å²) in [5.41, 5.74) is 3.00. The largest absolute Gasteiger partial charge is 0.339 e. The Bertz CT molecular complexity index is 725. The minimum Gasteiger partial charge on any atom is -0.339 e. The van der Waals surface area contributed by atoms with Gasteiger partial charge in [-0.2, -0.15) is 0 Å². The van der Waals surface area contributed by atoms with E-state index >= 15 is 0 Å². The van der Waals surface area contributed by atoms with Gasteiger partial charge < -0.3 is 16.0 Å². The van der Waals surface area contributed by atoms with Crippen molar-refractivity contribution in [2.45, 2.75) is 108 Å². The lowest BCUT2D eigenvalue weighted by Gasteiger charge is -2.28. The van der Waals surface area contributed by atoms with E-state index < -0.39 is 9.96 Å². The predicted molar refractivity (Wildman–Crippen MR) is 149 cm³/mol. The molecule has 0 aliphatic rings. The highest BCUT2D eigenvalue weighted by molar-refractivity contribution is 7.80. The second kappa shape index (κ2) is 16.8. The average Bonchev–Trinajstić information content (AvgIpc) is 2.73. The molecule has 1 atom stereocenters. The van der Waals surface area contributed by atoms with E-state index in [0.717, 1.165) is 36.1 Å². The Morgan fingerprint density at radius 2 is 1.45 bits per heavy atom. The van der Waals surface area contributed by atoms with Crippen molar-refractivity contribution in [3.63, 3.8) is 0 Å². The van der Waals surface area contributed by atoms with Crippen LogP contribution in [0.4, 0.5) is 5.69 Å². The van der Waals surface area contributed by atoms with Crippen LogP contribution in [0.2, 0.25) is 0 Å². The second-order valence-electron chi connectivity index (χ2n) is 8.74. The number of alkyl halides is 3. The van der Waals surface area contributed by atoms with Crippen molar-refractivity contribution in [3.05, 3.63) is 29.3 Å². The Balaban J connectivity index is 2.31. The van der Waals surface area contributed by atoms with Gasteiger partial charge in [-0.05, 0) is 49.7 Å². The van der Waals surface area contributed by atoms with Gasteiger partial charge in [0.05, 0.1) is 0 Å². The molecule has 3 N–H and O–H groups in total. The first-order valence-corrected chi connectivity index (χ1v) is 13.7. The summed E-state index contributed by atoms with van der Waals surface area (Å²) in [6.07, 6.45) is 13.0. The van der Waals surface area contributed by atoms with Crippen molar-refractivity contribution in [2.75, 3.05) is 5.32 Å². The zero-order chi connectivity index (χ0) is 24.7. The lowest BCUT2D eigenvalue weighted by Crippen LogP contribution is -2.56. The Morgan fingerprint density at radius 3 is 2.00 bits per heavy atom. The van der Waals surface area contributed by atoms with Crippen LogP contribution in [-0.2, 0) is 4.79 Å². The van der Waals surface area contributed by atoms with Crippen LogP contribution in [0.1, 0.15) is 95.1 Å². The molecule has 0 aliphatic heterocycles. The number of rotatable bonds is 15. The maximum absolute atomic E-state index is 12.4. The first-order chi connectivity index (χ1) is 15.6. The number of nitrogens with one attached hydrogen (secondary N) is 3. The lowest BCUT2D eigenvalue weighted by molar-refractivity contribution is -0.122. The van der Waals surface area contributed by atoms with Crippen molar-refractivity contribution < 1.29 is 4.79 Å². The van der Waals surface area contributed by atoms with Gasteiger partial charge in [-0.3, -0.25) is 4.79 Å². The number of benzene rings is 1. The molecule has 8 heteroatoms. The molecule has 4 nitrogen and oxygen atoms in total.